The van der Waals surface area contributed by atoms with Gasteiger partial charge < -0.3 is 14.5 Å². The third kappa shape index (κ3) is 42.4. The van der Waals surface area contributed by atoms with Crippen LogP contribution in [0.5, 0.6) is 0 Å². The van der Waals surface area contributed by atoms with Gasteiger partial charge in [-0.15, -0.1) is 0 Å². The SMILES string of the molecule is O=COCNCP(=O)(O)O.O=S(=O)(O)O. The molecule has 15 heavy (non-hydrogen) atoms. The summed E-state index contributed by atoms with van der Waals surface area (Å²) in [6.07, 6.45) is -0.485. The number of carbonyl (C=O) groups is 1. The van der Waals surface area contributed by atoms with Crippen molar-refractivity contribution >= 4 is 24.5 Å². The molecule has 0 aliphatic rings. The van der Waals surface area contributed by atoms with Crippen LogP contribution >= 0.6 is 7.60 Å². The molecule has 92 valence electrons. The molecule has 0 saturated heterocycles. The molecule has 0 radical (unpaired) electrons. The van der Waals surface area contributed by atoms with Gasteiger partial charge in [0.05, 0.1) is 0 Å². The molecule has 0 unspecified atom stereocenters. The zero-order valence-corrected chi connectivity index (χ0v) is 8.89. The second kappa shape index (κ2) is 7.70. The Labute approximate surface area is 85.0 Å². The van der Waals surface area contributed by atoms with Gasteiger partial charge in [-0.1, -0.05) is 0 Å². The summed E-state index contributed by atoms with van der Waals surface area (Å²) in [4.78, 5) is 25.9. The maximum atomic E-state index is 10.1. The molecule has 0 fully saturated rings. The molecule has 0 aromatic heterocycles. The average molecular weight is 267 g/mol. The van der Waals surface area contributed by atoms with Gasteiger partial charge in [-0.2, -0.15) is 8.42 Å². The molecule has 12 heteroatoms. The first-order chi connectivity index (χ1) is 6.56. The molecular weight excluding hydrogens is 257 g/mol. The second-order valence-electron chi connectivity index (χ2n) is 1.93. The van der Waals surface area contributed by atoms with Gasteiger partial charge in [0, 0.05) is 0 Å². The molecular formula is C3H10NO9PS. The van der Waals surface area contributed by atoms with Crippen molar-refractivity contribution in [3.8, 4) is 0 Å². The van der Waals surface area contributed by atoms with Crippen molar-refractivity contribution in [3.63, 3.8) is 0 Å². The van der Waals surface area contributed by atoms with Gasteiger partial charge in [0.25, 0.3) is 6.47 Å². The van der Waals surface area contributed by atoms with Crippen LogP contribution in [0.15, 0.2) is 0 Å². The van der Waals surface area contributed by atoms with Crippen LogP contribution in [0.25, 0.3) is 0 Å². The Hall–Kier alpha value is -0.550. The predicted octanol–water partition coefficient (Wildman–Crippen LogP) is -1.81. The number of hydrogen-bond donors (Lipinski definition) is 5. The topological polar surface area (TPSA) is 170 Å². The summed E-state index contributed by atoms with van der Waals surface area (Å²) in [5, 5.41) is 2.21. The number of nitrogens with one attached hydrogen (secondary N) is 1. The van der Waals surface area contributed by atoms with Gasteiger partial charge in [-0.05, 0) is 0 Å². The Bertz CT molecular complexity index is 297. The lowest BCUT2D eigenvalue weighted by atomic mass is 11.1. The molecule has 0 saturated carbocycles. The maximum Gasteiger partial charge on any atom is 0.394 e. The van der Waals surface area contributed by atoms with E-state index < -0.39 is 24.3 Å². The summed E-state index contributed by atoms with van der Waals surface area (Å²) in [5.74, 6) is 0. The van der Waals surface area contributed by atoms with Crippen molar-refractivity contribution in [1.82, 2.24) is 5.32 Å². The highest BCUT2D eigenvalue weighted by atomic mass is 32.3. The fourth-order valence-corrected chi connectivity index (χ4v) is 0.667. The van der Waals surface area contributed by atoms with E-state index in [2.05, 4.69) is 10.1 Å². The number of hydrogen-bond acceptors (Lipinski definition) is 6. The van der Waals surface area contributed by atoms with Crippen molar-refractivity contribution in [3.05, 3.63) is 0 Å². The minimum atomic E-state index is -4.67. The highest BCUT2D eigenvalue weighted by molar-refractivity contribution is 7.79. The molecule has 0 aromatic rings. The van der Waals surface area contributed by atoms with Crippen LogP contribution in [0.1, 0.15) is 0 Å². The van der Waals surface area contributed by atoms with Gasteiger partial charge in [0.2, 0.25) is 0 Å². The van der Waals surface area contributed by atoms with E-state index in [4.69, 9.17) is 27.3 Å². The lowest BCUT2D eigenvalue weighted by Crippen LogP contribution is -2.18. The van der Waals surface area contributed by atoms with Crippen molar-refractivity contribution in [2.75, 3.05) is 13.0 Å². The Balaban J connectivity index is 0. The number of rotatable bonds is 5. The monoisotopic (exact) mass is 267 g/mol. The number of ether oxygens (including phenoxy) is 1. The first kappa shape index (κ1) is 16.9. The third-order valence-corrected chi connectivity index (χ3v) is 1.21. The van der Waals surface area contributed by atoms with Crippen LogP contribution in [0, 0.1) is 0 Å². The minimum Gasteiger partial charge on any atom is -0.452 e. The van der Waals surface area contributed by atoms with E-state index in [1.54, 1.807) is 0 Å². The van der Waals surface area contributed by atoms with Crippen LogP contribution in [-0.4, -0.2) is 46.8 Å². The minimum absolute atomic E-state index is 0.186. The van der Waals surface area contributed by atoms with E-state index in [9.17, 15) is 9.36 Å². The quantitative estimate of drug-likeness (QED) is 0.126. The molecule has 0 aromatic carbocycles. The fourth-order valence-electron chi connectivity index (χ4n) is 0.284. The number of carbonyl (C=O) groups excluding carboxylic acids is 1. The zero-order chi connectivity index (χ0) is 12.5. The highest BCUT2D eigenvalue weighted by Crippen LogP contribution is 2.31. The van der Waals surface area contributed by atoms with Crippen LogP contribution in [0.2, 0.25) is 0 Å². The van der Waals surface area contributed by atoms with Gasteiger partial charge in [-0.3, -0.25) is 23.8 Å². The van der Waals surface area contributed by atoms with Crippen LogP contribution < -0.4 is 5.32 Å². The summed E-state index contributed by atoms with van der Waals surface area (Å²) >= 11 is 0. The molecule has 0 amide bonds. The van der Waals surface area contributed by atoms with Gasteiger partial charge in [0.15, 0.2) is 0 Å². The second-order valence-corrected chi connectivity index (χ2v) is 4.47. The maximum absolute atomic E-state index is 10.1. The summed E-state index contributed by atoms with van der Waals surface area (Å²) in [6, 6.07) is 0. The molecule has 0 spiro atoms. The summed E-state index contributed by atoms with van der Waals surface area (Å²) in [7, 11) is -8.68. The van der Waals surface area contributed by atoms with Crippen molar-refractivity contribution in [2.45, 2.75) is 0 Å². The van der Waals surface area contributed by atoms with Gasteiger partial charge in [0.1, 0.15) is 13.0 Å². The van der Waals surface area contributed by atoms with Gasteiger partial charge in [-0.25, -0.2) is 0 Å². The van der Waals surface area contributed by atoms with Crippen molar-refractivity contribution in [1.29, 1.82) is 0 Å². The average Bonchev–Trinajstić information content (AvgIpc) is 1.93. The Morgan fingerprint density at radius 2 is 1.73 bits per heavy atom. The first-order valence-electron chi connectivity index (χ1n) is 3.06. The standard InChI is InChI=1S/C3H8NO5P.H2O4S/c5-3-9-1-4-2-10(6,7)8;1-5(2,3)4/h3-4H,1-2H2,(H2,6,7,8);(H2,1,2,3,4). The molecule has 0 rings (SSSR count). The summed E-state index contributed by atoms with van der Waals surface area (Å²) < 4.78 is 45.8. The molecule has 0 aliphatic carbocycles. The molecule has 0 bridgehead atoms. The predicted molar refractivity (Wildman–Crippen MR) is 46.2 cm³/mol. The van der Waals surface area contributed by atoms with Crippen LogP contribution in [0.3, 0.4) is 0 Å². The largest absolute Gasteiger partial charge is 0.452 e. The zero-order valence-electron chi connectivity index (χ0n) is 7.18. The van der Waals surface area contributed by atoms with Crippen LogP contribution in [0.4, 0.5) is 0 Å². The normalized spacial score (nSPS) is 11.2. The molecule has 0 atom stereocenters. The van der Waals surface area contributed by atoms with Gasteiger partial charge >= 0.3 is 18.0 Å². The highest BCUT2D eigenvalue weighted by Gasteiger charge is 2.10. The summed E-state index contributed by atoms with van der Waals surface area (Å²) in [6.45, 7) is 0.00128. The lowest BCUT2D eigenvalue weighted by Gasteiger charge is -2.03. The molecule has 10 nitrogen and oxygen atoms in total. The van der Waals surface area contributed by atoms with E-state index >= 15 is 0 Å². The Morgan fingerprint density at radius 3 is 2.00 bits per heavy atom. The van der Waals surface area contributed by atoms with E-state index in [-0.39, 0.29) is 13.2 Å². The Morgan fingerprint density at radius 1 is 1.33 bits per heavy atom. The summed E-state index contributed by atoms with van der Waals surface area (Å²) in [5.41, 5.74) is 0. The third-order valence-electron chi connectivity index (χ3n) is 0.571. The fraction of sp³-hybridized carbons (Fsp3) is 0.667. The first-order valence-corrected chi connectivity index (χ1v) is 6.26. The van der Waals surface area contributed by atoms with E-state index in [1.165, 1.54) is 0 Å². The Kier molecular flexibility index (Phi) is 8.66. The van der Waals surface area contributed by atoms with E-state index in [0.29, 0.717) is 0 Å². The van der Waals surface area contributed by atoms with Crippen molar-refractivity contribution < 1.29 is 41.4 Å². The van der Waals surface area contributed by atoms with E-state index in [0.717, 1.165) is 0 Å². The molecule has 0 aliphatic heterocycles. The van der Waals surface area contributed by atoms with E-state index in [1.807, 2.05) is 0 Å². The van der Waals surface area contributed by atoms with Crippen LogP contribution in [-0.2, 0) is 24.5 Å². The smallest absolute Gasteiger partial charge is 0.394 e. The molecule has 0 heterocycles. The lowest BCUT2D eigenvalue weighted by molar-refractivity contribution is -0.129. The molecule has 5 N–H and O–H groups in total. The van der Waals surface area contributed by atoms with Crippen molar-refractivity contribution in [2.24, 2.45) is 0 Å².